The number of esters is 1. The molecule has 0 bridgehead atoms. The molecule has 1 amide bonds. The zero-order valence-corrected chi connectivity index (χ0v) is 12.8. The monoisotopic (exact) mass is 292 g/mol. The minimum Gasteiger partial charge on any atom is -0.464 e. The van der Waals surface area contributed by atoms with E-state index in [4.69, 9.17) is 10.5 Å². The second kappa shape index (κ2) is 8.42. The van der Waals surface area contributed by atoms with E-state index in [1.165, 1.54) is 0 Å². The molecule has 0 radical (unpaired) electrons. The molecule has 0 spiro atoms. The van der Waals surface area contributed by atoms with Crippen LogP contribution in [0.2, 0.25) is 0 Å². The molecule has 5 heteroatoms. The van der Waals surface area contributed by atoms with Gasteiger partial charge < -0.3 is 15.8 Å². The maximum absolute atomic E-state index is 12.1. The third-order valence-electron chi connectivity index (χ3n) is 3.05. The number of rotatable bonds is 7. The van der Waals surface area contributed by atoms with Crippen molar-refractivity contribution in [3.63, 3.8) is 0 Å². The van der Waals surface area contributed by atoms with Gasteiger partial charge in [0, 0.05) is 0 Å². The molecule has 0 aliphatic heterocycles. The summed E-state index contributed by atoms with van der Waals surface area (Å²) in [5.74, 6) is -0.816. The van der Waals surface area contributed by atoms with Gasteiger partial charge in [0.15, 0.2) is 6.04 Å². The first-order valence-corrected chi connectivity index (χ1v) is 7.23. The molecule has 3 N–H and O–H groups in total. The number of carbonyl (C=O) groups excluding carboxylic acids is 2. The largest absolute Gasteiger partial charge is 0.464 e. The third-order valence-corrected chi connectivity index (χ3v) is 3.05. The van der Waals surface area contributed by atoms with Crippen molar-refractivity contribution in [1.82, 2.24) is 5.32 Å². The van der Waals surface area contributed by atoms with Gasteiger partial charge in [-0.05, 0) is 24.8 Å². The zero-order valence-electron chi connectivity index (χ0n) is 12.8. The average Bonchev–Trinajstić information content (AvgIpc) is 2.46. The lowest BCUT2D eigenvalue weighted by Crippen LogP contribution is -2.48. The van der Waals surface area contributed by atoms with Crippen LogP contribution in [0.1, 0.15) is 38.8 Å². The predicted molar refractivity (Wildman–Crippen MR) is 81.4 cm³/mol. The summed E-state index contributed by atoms with van der Waals surface area (Å²) in [5.41, 5.74) is 6.61. The topological polar surface area (TPSA) is 81.4 Å². The molecule has 0 heterocycles. The summed E-state index contributed by atoms with van der Waals surface area (Å²) in [6, 6.07) is 8.19. The minimum absolute atomic E-state index is 0.167. The molecule has 2 atom stereocenters. The molecule has 2 unspecified atom stereocenters. The van der Waals surface area contributed by atoms with E-state index in [1.54, 1.807) is 6.92 Å². The molecule has 0 saturated carbocycles. The van der Waals surface area contributed by atoms with Gasteiger partial charge in [0.1, 0.15) is 0 Å². The van der Waals surface area contributed by atoms with Crippen molar-refractivity contribution in [1.29, 1.82) is 0 Å². The number of amides is 1. The number of hydrogen-bond donors (Lipinski definition) is 2. The number of nitrogens with one attached hydrogen (secondary N) is 1. The fourth-order valence-corrected chi connectivity index (χ4v) is 2.04. The molecule has 0 aromatic heterocycles. The second-order valence-electron chi connectivity index (χ2n) is 5.33. The summed E-state index contributed by atoms with van der Waals surface area (Å²) in [5, 5.41) is 2.84. The molecule has 5 nitrogen and oxygen atoms in total. The Labute approximate surface area is 125 Å². The number of benzene rings is 1. The lowest BCUT2D eigenvalue weighted by Gasteiger charge is -2.22. The van der Waals surface area contributed by atoms with Crippen LogP contribution in [0.4, 0.5) is 0 Å². The van der Waals surface area contributed by atoms with Gasteiger partial charge in [-0.2, -0.15) is 0 Å². The SMILES string of the molecule is CCOC(=O)C(N)C(=O)NC(CC(C)C)c1ccccc1. The molecular formula is C16H24N2O3. The van der Waals surface area contributed by atoms with Crippen LogP contribution in [-0.4, -0.2) is 24.5 Å². The van der Waals surface area contributed by atoms with Crippen molar-refractivity contribution in [3.8, 4) is 0 Å². The number of carbonyl (C=O) groups is 2. The maximum Gasteiger partial charge on any atom is 0.332 e. The molecular weight excluding hydrogens is 268 g/mol. The van der Waals surface area contributed by atoms with Gasteiger partial charge in [-0.25, -0.2) is 4.79 Å². The highest BCUT2D eigenvalue weighted by atomic mass is 16.5. The van der Waals surface area contributed by atoms with Crippen LogP contribution in [0.15, 0.2) is 30.3 Å². The molecule has 21 heavy (non-hydrogen) atoms. The van der Waals surface area contributed by atoms with Crippen molar-refractivity contribution in [2.24, 2.45) is 11.7 Å². The first kappa shape index (κ1) is 17.2. The summed E-state index contributed by atoms with van der Waals surface area (Å²) in [7, 11) is 0. The normalized spacial score (nSPS) is 13.6. The Bertz CT molecular complexity index is 460. The Kier molecular flexibility index (Phi) is 6.88. The van der Waals surface area contributed by atoms with Crippen molar-refractivity contribution in [3.05, 3.63) is 35.9 Å². The van der Waals surface area contributed by atoms with Gasteiger partial charge in [-0.15, -0.1) is 0 Å². The standard InChI is InChI=1S/C16H24N2O3/c1-4-21-16(20)14(17)15(19)18-13(10-11(2)3)12-8-6-5-7-9-12/h5-9,11,13-14H,4,10,17H2,1-3H3,(H,18,19). The van der Waals surface area contributed by atoms with E-state index in [9.17, 15) is 9.59 Å². The smallest absolute Gasteiger partial charge is 0.332 e. The van der Waals surface area contributed by atoms with Gasteiger partial charge in [0.2, 0.25) is 5.91 Å². The molecule has 1 aromatic rings. The summed E-state index contributed by atoms with van der Waals surface area (Å²) in [6.45, 7) is 6.03. The summed E-state index contributed by atoms with van der Waals surface area (Å²) in [4.78, 5) is 23.6. The molecule has 0 aliphatic carbocycles. The van der Waals surface area contributed by atoms with E-state index in [2.05, 4.69) is 19.2 Å². The molecule has 0 saturated heterocycles. The Balaban J connectivity index is 2.77. The Morgan fingerprint density at radius 2 is 1.86 bits per heavy atom. The Morgan fingerprint density at radius 3 is 2.38 bits per heavy atom. The summed E-state index contributed by atoms with van der Waals surface area (Å²) < 4.78 is 4.77. The maximum atomic E-state index is 12.1. The quantitative estimate of drug-likeness (QED) is 0.593. The molecule has 0 fully saturated rings. The zero-order chi connectivity index (χ0) is 15.8. The first-order valence-electron chi connectivity index (χ1n) is 7.23. The van der Waals surface area contributed by atoms with E-state index >= 15 is 0 Å². The summed E-state index contributed by atoms with van der Waals surface area (Å²) >= 11 is 0. The van der Waals surface area contributed by atoms with E-state index in [-0.39, 0.29) is 12.6 Å². The lowest BCUT2D eigenvalue weighted by molar-refractivity contribution is -0.148. The fourth-order valence-electron chi connectivity index (χ4n) is 2.04. The van der Waals surface area contributed by atoms with Crippen molar-refractivity contribution in [2.75, 3.05) is 6.61 Å². The number of hydrogen-bond acceptors (Lipinski definition) is 4. The van der Waals surface area contributed by atoms with Crippen LogP contribution >= 0.6 is 0 Å². The van der Waals surface area contributed by atoms with E-state index in [1.807, 2.05) is 30.3 Å². The van der Waals surface area contributed by atoms with Crippen LogP contribution < -0.4 is 11.1 Å². The van der Waals surface area contributed by atoms with Crippen molar-refractivity contribution >= 4 is 11.9 Å². The van der Waals surface area contributed by atoms with Gasteiger partial charge in [0.25, 0.3) is 0 Å². The van der Waals surface area contributed by atoms with E-state index in [0.717, 1.165) is 12.0 Å². The van der Waals surface area contributed by atoms with Gasteiger partial charge in [-0.1, -0.05) is 44.2 Å². The van der Waals surface area contributed by atoms with Crippen LogP contribution in [0.3, 0.4) is 0 Å². The lowest BCUT2D eigenvalue weighted by atomic mass is 9.96. The highest BCUT2D eigenvalue weighted by Crippen LogP contribution is 2.21. The van der Waals surface area contributed by atoms with Crippen molar-refractivity contribution in [2.45, 2.75) is 39.3 Å². The fraction of sp³-hybridized carbons (Fsp3) is 0.500. The van der Waals surface area contributed by atoms with Gasteiger partial charge >= 0.3 is 5.97 Å². The van der Waals surface area contributed by atoms with Crippen molar-refractivity contribution < 1.29 is 14.3 Å². The van der Waals surface area contributed by atoms with Crippen LogP contribution in [-0.2, 0) is 14.3 Å². The number of nitrogens with two attached hydrogens (primary N) is 1. The molecule has 0 aliphatic rings. The first-order chi connectivity index (χ1) is 9.95. The Morgan fingerprint density at radius 1 is 1.24 bits per heavy atom. The molecule has 1 rings (SSSR count). The van der Waals surface area contributed by atoms with E-state index < -0.39 is 17.9 Å². The van der Waals surface area contributed by atoms with E-state index in [0.29, 0.717) is 5.92 Å². The van der Waals surface area contributed by atoms with Gasteiger partial charge in [-0.3, -0.25) is 4.79 Å². The van der Waals surface area contributed by atoms with Crippen LogP contribution in [0, 0.1) is 5.92 Å². The number of ether oxygens (including phenoxy) is 1. The second-order valence-corrected chi connectivity index (χ2v) is 5.33. The average molecular weight is 292 g/mol. The molecule has 116 valence electrons. The highest BCUT2D eigenvalue weighted by molar-refractivity contribution is 6.01. The minimum atomic E-state index is -1.29. The predicted octanol–water partition coefficient (Wildman–Crippen LogP) is 1.78. The van der Waals surface area contributed by atoms with Gasteiger partial charge in [0.05, 0.1) is 12.6 Å². The Hall–Kier alpha value is -1.88. The molecule has 1 aromatic carbocycles. The van der Waals surface area contributed by atoms with Crippen LogP contribution in [0.5, 0.6) is 0 Å². The third kappa shape index (κ3) is 5.55. The summed E-state index contributed by atoms with van der Waals surface area (Å²) in [6.07, 6.45) is 0.769. The highest BCUT2D eigenvalue weighted by Gasteiger charge is 2.26. The van der Waals surface area contributed by atoms with Crippen LogP contribution in [0.25, 0.3) is 0 Å².